The van der Waals surface area contributed by atoms with Crippen LogP contribution < -0.4 is 10.9 Å². The molecule has 0 bridgehead atoms. The van der Waals surface area contributed by atoms with Crippen LogP contribution in [0.1, 0.15) is 19.0 Å². The Morgan fingerprint density at radius 1 is 1.48 bits per heavy atom. The molecule has 0 unspecified atom stereocenters. The van der Waals surface area contributed by atoms with Gasteiger partial charge in [0.25, 0.3) is 5.56 Å². The van der Waals surface area contributed by atoms with Gasteiger partial charge in [-0.05, 0) is 32.0 Å². The van der Waals surface area contributed by atoms with E-state index in [1.165, 1.54) is 10.5 Å². The lowest BCUT2D eigenvalue weighted by molar-refractivity contribution is -0.124. The summed E-state index contributed by atoms with van der Waals surface area (Å²) in [6.07, 6.45) is 2.41. The molecule has 0 spiro atoms. The molecule has 1 N–H and O–H groups in total. The van der Waals surface area contributed by atoms with Crippen LogP contribution in [0.3, 0.4) is 0 Å². The van der Waals surface area contributed by atoms with Gasteiger partial charge >= 0.3 is 0 Å². The summed E-state index contributed by atoms with van der Waals surface area (Å²) in [4.78, 5) is 30.7. The van der Waals surface area contributed by atoms with Gasteiger partial charge in [0.1, 0.15) is 5.65 Å². The molecule has 1 atom stereocenters. The molecule has 2 aromatic heterocycles. The normalized spacial score (nSPS) is 18.4. The first-order chi connectivity index (χ1) is 11.1. The van der Waals surface area contributed by atoms with Crippen LogP contribution >= 0.6 is 11.6 Å². The summed E-state index contributed by atoms with van der Waals surface area (Å²) in [6.45, 7) is 4.69. The van der Waals surface area contributed by atoms with Gasteiger partial charge in [-0.25, -0.2) is 4.98 Å². The van der Waals surface area contributed by atoms with Crippen LogP contribution in [0.4, 0.5) is 0 Å². The van der Waals surface area contributed by atoms with Crippen molar-refractivity contribution < 1.29 is 4.79 Å². The van der Waals surface area contributed by atoms with E-state index in [1.807, 2.05) is 6.92 Å². The second kappa shape index (κ2) is 6.68. The minimum atomic E-state index is -0.146. The molecule has 3 rings (SSSR count). The molecule has 1 aliphatic rings. The van der Waals surface area contributed by atoms with E-state index in [0.717, 1.165) is 13.0 Å². The Labute approximate surface area is 139 Å². The van der Waals surface area contributed by atoms with Crippen molar-refractivity contribution in [3.8, 4) is 0 Å². The summed E-state index contributed by atoms with van der Waals surface area (Å²) in [7, 11) is 0. The SMILES string of the molecule is CCNC(=O)[C@H]1CCN(Cc2cc(=O)n3cc(Cl)ccc3n2)C1. The Morgan fingerprint density at radius 2 is 2.30 bits per heavy atom. The first kappa shape index (κ1) is 16.0. The summed E-state index contributed by atoms with van der Waals surface area (Å²) in [6, 6.07) is 4.98. The van der Waals surface area contributed by atoms with Crippen LogP contribution in [0, 0.1) is 5.92 Å². The van der Waals surface area contributed by atoms with E-state index in [9.17, 15) is 9.59 Å². The van der Waals surface area contributed by atoms with Crippen LogP contribution in [-0.2, 0) is 11.3 Å². The molecule has 1 saturated heterocycles. The number of rotatable bonds is 4. The minimum Gasteiger partial charge on any atom is -0.356 e. The first-order valence-corrected chi connectivity index (χ1v) is 8.12. The standard InChI is InChI=1S/C16H19ClN4O2/c1-2-18-16(23)11-5-6-20(8-11)10-13-7-15(22)21-9-12(17)3-4-14(21)19-13/h3-4,7,9,11H,2,5-6,8,10H2,1H3,(H,18,23)/t11-/m0/s1. The first-order valence-electron chi connectivity index (χ1n) is 7.74. The lowest BCUT2D eigenvalue weighted by Crippen LogP contribution is -2.32. The number of nitrogens with one attached hydrogen (secondary N) is 1. The van der Waals surface area contributed by atoms with Gasteiger partial charge in [0.2, 0.25) is 5.91 Å². The van der Waals surface area contributed by atoms with E-state index in [4.69, 9.17) is 11.6 Å². The van der Waals surface area contributed by atoms with Gasteiger partial charge in [-0.15, -0.1) is 0 Å². The quantitative estimate of drug-likeness (QED) is 0.915. The zero-order valence-electron chi connectivity index (χ0n) is 13.0. The summed E-state index contributed by atoms with van der Waals surface area (Å²) in [5.41, 5.74) is 1.15. The third-order valence-electron chi connectivity index (χ3n) is 4.06. The lowest BCUT2D eigenvalue weighted by atomic mass is 10.1. The molecule has 1 aliphatic heterocycles. The fourth-order valence-corrected chi connectivity index (χ4v) is 3.11. The maximum Gasteiger partial charge on any atom is 0.258 e. The zero-order valence-corrected chi connectivity index (χ0v) is 13.7. The third kappa shape index (κ3) is 3.54. The van der Waals surface area contributed by atoms with Crippen LogP contribution in [0.25, 0.3) is 5.65 Å². The van der Waals surface area contributed by atoms with E-state index in [-0.39, 0.29) is 17.4 Å². The number of amides is 1. The van der Waals surface area contributed by atoms with Gasteiger partial charge in [0.05, 0.1) is 16.6 Å². The number of fused-ring (bicyclic) bond motifs is 1. The van der Waals surface area contributed by atoms with E-state index < -0.39 is 0 Å². The van der Waals surface area contributed by atoms with Gasteiger partial charge in [0.15, 0.2) is 0 Å². The smallest absolute Gasteiger partial charge is 0.258 e. The molecule has 23 heavy (non-hydrogen) atoms. The Balaban J connectivity index is 1.74. The summed E-state index contributed by atoms with van der Waals surface area (Å²) >= 11 is 5.91. The fourth-order valence-electron chi connectivity index (χ4n) is 2.95. The number of aromatic nitrogens is 2. The molecule has 2 aromatic rings. The maximum atomic E-state index is 12.2. The van der Waals surface area contributed by atoms with Crippen LogP contribution in [0.2, 0.25) is 5.02 Å². The van der Waals surface area contributed by atoms with Crippen molar-refractivity contribution in [3.63, 3.8) is 0 Å². The fraction of sp³-hybridized carbons (Fsp3) is 0.438. The van der Waals surface area contributed by atoms with Gasteiger partial charge in [0, 0.05) is 31.9 Å². The van der Waals surface area contributed by atoms with Crippen molar-refractivity contribution in [3.05, 3.63) is 45.5 Å². The van der Waals surface area contributed by atoms with Gasteiger partial charge in [-0.3, -0.25) is 18.9 Å². The van der Waals surface area contributed by atoms with Crippen molar-refractivity contribution in [1.82, 2.24) is 19.6 Å². The maximum absolute atomic E-state index is 12.2. The molecule has 0 aliphatic carbocycles. The summed E-state index contributed by atoms with van der Waals surface area (Å²) < 4.78 is 1.44. The van der Waals surface area contributed by atoms with E-state index in [2.05, 4.69) is 15.2 Å². The predicted octanol–water partition coefficient (Wildman–Crippen LogP) is 1.31. The number of carbonyl (C=O) groups excluding carboxylic acids is 1. The lowest BCUT2D eigenvalue weighted by Gasteiger charge is -2.15. The molecule has 1 amide bonds. The van der Waals surface area contributed by atoms with Gasteiger partial charge < -0.3 is 5.32 Å². The van der Waals surface area contributed by atoms with E-state index in [0.29, 0.717) is 36.0 Å². The third-order valence-corrected chi connectivity index (χ3v) is 4.28. The summed E-state index contributed by atoms with van der Waals surface area (Å²) in [5.74, 6) is 0.131. The number of carbonyl (C=O) groups is 1. The molecule has 7 heteroatoms. The van der Waals surface area contributed by atoms with Crippen LogP contribution in [-0.4, -0.2) is 39.8 Å². The average molecular weight is 335 g/mol. The van der Waals surface area contributed by atoms with Crippen LogP contribution in [0.5, 0.6) is 0 Å². The number of hydrogen-bond acceptors (Lipinski definition) is 4. The van der Waals surface area contributed by atoms with Crippen molar-refractivity contribution in [2.45, 2.75) is 19.9 Å². The highest BCUT2D eigenvalue weighted by molar-refractivity contribution is 6.30. The predicted molar refractivity (Wildman–Crippen MR) is 88.5 cm³/mol. The highest BCUT2D eigenvalue weighted by atomic mass is 35.5. The van der Waals surface area contributed by atoms with Crippen molar-refractivity contribution in [1.29, 1.82) is 0 Å². The molecule has 3 heterocycles. The molecule has 0 saturated carbocycles. The molecular formula is C16H19ClN4O2. The number of nitrogens with zero attached hydrogens (tertiary/aromatic N) is 3. The number of hydrogen-bond donors (Lipinski definition) is 1. The molecule has 6 nitrogen and oxygen atoms in total. The molecule has 0 aromatic carbocycles. The second-order valence-electron chi connectivity index (χ2n) is 5.78. The van der Waals surface area contributed by atoms with Crippen molar-refractivity contribution >= 4 is 23.2 Å². The number of pyridine rings is 1. The molecule has 0 radical (unpaired) electrons. The summed E-state index contributed by atoms with van der Waals surface area (Å²) in [5, 5.41) is 3.36. The highest BCUT2D eigenvalue weighted by Crippen LogP contribution is 2.18. The monoisotopic (exact) mass is 334 g/mol. The van der Waals surface area contributed by atoms with E-state index >= 15 is 0 Å². The number of likely N-dealkylation sites (tertiary alicyclic amines) is 1. The second-order valence-corrected chi connectivity index (χ2v) is 6.21. The largest absolute Gasteiger partial charge is 0.356 e. The Kier molecular flexibility index (Phi) is 4.63. The van der Waals surface area contributed by atoms with Crippen LogP contribution in [0.15, 0.2) is 29.2 Å². The van der Waals surface area contributed by atoms with Crippen molar-refractivity contribution in [2.75, 3.05) is 19.6 Å². The highest BCUT2D eigenvalue weighted by Gasteiger charge is 2.28. The number of halogens is 1. The average Bonchev–Trinajstić information content (AvgIpc) is 2.97. The van der Waals surface area contributed by atoms with Gasteiger partial charge in [-0.1, -0.05) is 11.6 Å². The Morgan fingerprint density at radius 3 is 3.09 bits per heavy atom. The van der Waals surface area contributed by atoms with Gasteiger partial charge in [-0.2, -0.15) is 0 Å². The molecular weight excluding hydrogens is 316 g/mol. The topological polar surface area (TPSA) is 66.7 Å². The Hall–Kier alpha value is -1.92. The Bertz CT molecular complexity index is 789. The van der Waals surface area contributed by atoms with Crippen molar-refractivity contribution in [2.24, 2.45) is 5.92 Å². The zero-order chi connectivity index (χ0) is 16.4. The molecule has 1 fully saturated rings. The molecule has 122 valence electrons. The minimum absolute atomic E-state index is 0.0234. The van der Waals surface area contributed by atoms with E-state index in [1.54, 1.807) is 18.3 Å².